The highest BCUT2D eigenvalue weighted by Gasteiger charge is 2.26. The number of amides is 1. The van der Waals surface area contributed by atoms with E-state index in [4.69, 9.17) is 4.98 Å². The summed E-state index contributed by atoms with van der Waals surface area (Å²) in [6, 6.07) is 10.5. The van der Waals surface area contributed by atoms with Crippen molar-refractivity contribution in [3.8, 4) is 0 Å². The summed E-state index contributed by atoms with van der Waals surface area (Å²) in [6.45, 7) is 2.49. The fourth-order valence-electron chi connectivity index (χ4n) is 4.99. The number of aromatic nitrogens is 2. The lowest BCUT2D eigenvalue weighted by molar-refractivity contribution is -0.120. The van der Waals surface area contributed by atoms with Crippen LogP contribution >= 0.6 is 23.1 Å². The van der Waals surface area contributed by atoms with Gasteiger partial charge in [0.2, 0.25) is 5.91 Å². The summed E-state index contributed by atoms with van der Waals surface area (Å²) in [5.74, 6) is 0.0429. The van der Waals surface area contributed by atoms with E-state index in [9.17, 15) is 9.59 Å². The molecule has 0 bridgehead atoms. The van der Waals surface area contributed by atoms with Crippen LogP contribution in [0.3, 0.4) is 0 Å². The van der Waals surface area contributed by atoms with Crippen LogP contribution < -0.4 is 10.9 Å². The lowest BCUT2D eigenvalue weighted by Crippen LogP contribution is -2.38. The third kappa shape index (κ3) is 4.90. The summed E-state index contributed by atoms with van der Waals surface area (Å²) in [4.78, 5) is 33.7. The van der Waals surface area contributed by atoms with Crippen LogP contribution in [0.25, 0.3) is 10.2 Å². The largest absolute Gasteiger partial charge is 0.352 e. The number of aryl methyl sites for hydroxylation is 3. The van der Waals surface area contributed by atoms with Crippen LogP contribution in [0.1, 0.15) is 61.5 Å². The minimum Gasteiger partial charge on any atom is -0.352 e. The van der Waals surface area contributed by atoms with E-state index in [-0.39, 0.29) is 16.7 Å². The molecule has 2 aliphatic carbocycles. The number of carbonyl (C=O) groups is 1. The molecule has 5 nitrogen and oxygen atoms in total. The summed E-state index contributed by atoms with van der Waals surface area (Å²) in [6.07, 6.45) is 9.60. The predicted molar refractivity (Wildman–Crippen MR) is 136 cm³/mol. The lowest BCUT2D eigenvalue weighted by atomic mass is 9.97. The van der Waals surface area contributed by atoms with Gasteiger partial charge in [-0.25, -0.2) is 4.98 Å². The molecule has 3 aromatic rings. The maximum Gasteiger partial charge on any atom is 0.263 e. The Bertz CT molecular complexity index is 1200. The highest BCUT2D eigenvalue weighted by atomic mass is 32.2. The minimum atomic E-state index is -0.299. The zero-order chi connectivity index (χ0) is 22.8. The molecule has 1 unspecified atom stereocenters. The molecule has 7 heteroatoms. The molecule has 1 atom stereocenters. The number of carbonyl (C=O) groups excluding carboxylic acids is 1. The van der Waals surface area contributed by atoms with E-state index in [1.54, 1.807) is 11.3 Å². The Kier molecular flexibility index (Phi) is 6.88. The highest BCUT2D eigenvalue weighted by Crippen LogP contribution is 2.35. The Hall–Kier alpha value is -2.12. The first-order valence-corrected chi connectivity index (χ1v) is 13.9. The molecule has 1 aromatic carbocycles. The van der Waals surface area contributed by atoms with E-state index in [1.165, 1.54) is 47.0 Å². The van der Waals surface area contributed by atoms with Crippen LogP contribution in [0.15, 0.2) is 40.3 Å². The van der Waals surface area contributed by atoms with Crippen LogP contribution in [-0.4, -0.2) is 26.8 Å². The standard InChI is InChI=1S/C26H31N3O2S2/c1-17(23(30)27-19-11-5-6-12-19)32-26-28-24-22(20-13-7-8-14-21(20)33-24)25(31)29(26)16-15-18-9-3-2-4-10-18/h2-4,9-10,17,19H,5-8,11-16H2,1H3,(H,27,30). The van der Waals surface area contributed by atoms with Crippen molar-refractivity contribution in [2.75, 3.05) is 0 Å². The van der Waals surface area contributed by atoms with Crippen LogP contribution in [0.4, 0.5) is 0 Å². The molecule has 0 radical (unpaired) electrons. The number of fused-ring (bicyclic) bond motifs is 3. The van der Waals surface area contributed by atoms with Gasteiger partial charge >= 0.3 is 0 Å². The number of hydrogen-bond acceptors (Lipinski definition) is 5. The monoisotopic (exact) mass is 481 g/mol. The van der Waals surface area contributed by atoms with Crippen molar-refractivity contribution in [2.45, 2.75) is 87.7 Å². The van der Waals surface area contributed by atoms with Gasteiger partial charge in [-0.05, 0) is 63.0 Å². The van der Waals surface area contributed by atoms with Gasteiger partial charge in [0.05, 0.1) is 10.6 Å². The Morgan fingerprint density at radius 1 is 1.18 bits per heavy atom. The van der Waals surface area contributed by atoms with Gasteiger partial charge in [-0.1, -0.05) is 54.9 Å². The van der Waals surface area contributed by atoms with Crippen molar-refractivity contribution < 1.29 is 4.79 Å². The van der Waals surface area contributed by atoms with Gasteiger partial charge in [0.1, 0.15) is 4.83 Å². The molecule has 33 heavy (non-hydrogen) atoms. The molecule has 1 saturated carbocycles. The number of nitrogens with zero attached hydrogens (tertiary/aromatic N) is 2. The number of hydrogen-bond donors (Lipinski definition) is 1. The molecule has 0 saturated heterocycles. The fraction of sp³-hybridized carbons (Fsp3) is 0.500. The molecular weight excluding hydrogens is 450 g/mol. The number of nitrogens with one attached hydrogen (secondary N) is 1. The first kappa shape index (κ1) is 22.7. The fourth-order valence-corrected chi connectivity index (χ4v) is 7.24. The average molecular weight is 482 g/mol. The second kappa shape index (κ2) is 10.0. The van der Waals surface area contributed by atoms with Gasteiger partial charge in [0.15, 0.2) is 5.16 Å². The van der Waals surface area contributed by atoms with Gasteiger partial charge < -0.3 is 5.32 Å². The van der Waals surface area contributed by atoms with Gasteiger partial charge in [0, 0.05) is 17.5 Å². The lowest BCUT2D eigenvalue weighted by Gasteiger charge is -2.18. The van der Waals surface area contributed by atoms with Crippen LogP contribution in [-0.2, 0) is 30.6 Å². The molecule has 5 rings (SSSR count). The summed E-state index contributed by atoms with van der Waals surface area (Å²) < 4.78 is 1.82. The summed E-state index contributed by atoms with van der Waals surface area (Å²) >= 11 is 3.09. The van der Waals surface area contributed by atoms with Crippen LogP contribution in [0.2, 0.25) is 0 Å². The van der Waals surface area contributed by atoms with E-state index in [0.29, 0.717) is 17.7 Å². The first-order chi connectivity index (χ1) is 16.1. The summed E-state index contributed by atoms with van der Waals surface area (Å²) in [5.41, 5.74) is 2.47. The second-order valence-electron chi connectivity index (χ2n) is 9.23. The van der Waals surface area contributed by atoms with Gasteiger partial charge in [0.25, 0.3) is 5.56 Å². The van der Waals surface area contributed by atoms with Gasteiger partial charge in [-0.2, -0.15) is 0 Å². The topological polar surface area (TPSA) is 64.0 Å². The Balaban J connectivity index is 1.47. The van der Waals surface area contributed by atoms with Crippen molar-refractivity contribution in [1.82, 2.24) is 14.9 Å². The van der Waals surface area contributed by atoms with Crippen molar-refractivity contribution in [1.29, 1.82) is 0 Å². The molecule has 1 N–H and O–H groups in total. The molecule has 1 amide bonds. The predicted octanol–water partition coefficient (Wildman–Crippen LogP) is 5.12. The Morgan fingerprint density at radius 3 is 2.73 bits per heavy atom. The summed E-state index contributed by atoms with van der Waals surface area (Å²) in [7, 11) is 0. The average Bonchev–Trinajstić information content (AvgIpc) is 3.46. The zero-order valence-corrected chi connectivity index (χ0v) is 20.8. The van der Waals surface area contributed by atoms with Crippen molar-refractivity contribution in [2.24, 2.45) is 0 Å². The number of rotatable bonds is 7. The maximum atomic E-state index is 13.7. The molecule has 1 fully saturated rings. The smallest absolute Gasteiger partial charge is 0.263 e. The van der Waals surface area contributed by atoms with Gasteiger partial charge in [-0.15, -0.1) is 11.3 Å². The van der Waals surface area contributed by atoms with Crippen molar-refractivity contribution in [3.63, 3.8) is 0 Å². The first-order valence-electron chi connectivity index (χ1n) is 12.2. The molecule has 2 aliphatic rings. The Morgan fingerprint density at radius 2 is 1.94 bits per heavy atom. The van der Waals surface area contributed by atoms with E-state index < -0.39 is 0 Å². The van der Waals surface area contributed by atoms with E-state index in [0.717, 1.165) is 48.7 Å². The zero-order valence-electron chi connectivity index (χ0n) is 19.1. The van der Waals surface area contributed by atoms with Crippen LogP contribution in [0, 0.1) is 0 Å². The molecular formula is C26H31N3O2S2. The second-order valence-corrected chi connectivity index (χ2v) is 11.6. The third-order valence-corrected chi connectivity index (χ3v) is 9.14. The minimum absolute atomic E-state index is 0.0429. The molecule has 2 heterocycles. The van der Waals surface area contributed by atoms with E-state index in [1.807, 2.05) is 29.7 Å². The SMILES string of the molecule is CC(Sc1nc2sc3c(c2c(=O)n1CCc1ccccc1)CCCC3)C(=O)NC1CCCC1. The van der Waals surface area contributed by atoms with E-state index >= 15 is 0 Å². The summed E-state index contributed by atoms with van der Waals surface area (Å²) in [5, 5.41) is 4.37. The van der Waals surface area contributed by atoms with Crippen molar-refractivity contribution >= 4 is 39.2 Å². The van der Waals surface area contributed by atoms with Crippen molar-refractivity contribution in [3.05, 3.63) is 56.7 Å². The molecule has 2 aromatic heterocycles. The third-order valence-electron chi connectivity index (χ3n) is 6.86. The normalized spacial score (nSPS) is 17.2. The molecule has 0 spiro atoms. The number of benzene rings is 1. The van der Waals surface area contributed by atoms with Crippen LogP contribution in [0.5, 0.6) is 0 Å². The molecule has 174 valence electrons. The maximum absolute atomic E-state index is 13.7. The van der Waals surface area contributed by atoms with E-state index in [2.05, 4.69) is 17.4 Å². The molecule has 0 aliphatic heterocycles. The Labute approximate surface area is 203 Å². The number of thiophene rings is 1. The number of thioether (sulfide) groups is 1. The quantitative estimate of drug-likeness (QED) is 0.376. The highest BCUT2D eigenvalue weighted by molar-refractivity contribution is 8.00. The van der Waals surface area contributed by atoms with Gasteiger partial charge in [-0.3, -0.25) is 14.2 Å².